The molecule has 5 nitrogen and oxygen atoms in total. The molecule has 0 saturated heterocycles. The van der Waals surface area contributed by atoms with Crippen molar-refractivity contribution in [2.45, 2.75) is 25.8 Å². The number of rotatable bonds is 8. The molecule has 0 atom stereocenters. The maximum atomic E-state index is 4.68. The van der Waals surface area contributed by atoms with Crippen molar-refractivity contribution < 1.29 is 0 Å². The van der Waals surface area contributed by atoms with Crippen LogP contribution in [0.15, 0.2) is 78.0 Å². The predicted octanol–water partition coefficient (Wildman–Crippen LogP) is 4.32. The first-order valence-corrected chi connectivity index (χ1v) is 9.86. The number of hydrogen-bond donors (Lipinski definition) is 2. The summed E-state index contributed by atoms with van der Waals surface area (Å²) < 4.78 is 1.80. The second kappa shape index (κ2) is 12.3. The summed E-state index contributed by atoms with van der Waals surface area (Å²) in [7, 11) is 1.92. The number of nitrogens with one attached hydrogen (secondary N) is 2. The summed E-state index contributed by atoms with van der Waals surface area (Å²) >= 11 is 0. The molecule has 3 aromatic rings. The fraction of sp³-hybridized carbons (Fsp3) is 0.304. The van der Waals surface area contributed by atoms with E-state index in [0.29, 0.717) is 12.5 Å². The summed E-state index contributed by atoms with van der Waals surface area (Å²) in [5, 5.41) is 11.0. The van der Waals surface area contributed by atoms with Gasteiger partial charge in [-0.3, -0.25) is 4.68 Å². The van der Waals surface area contributed by atoms with Crippen molar-refractivity contribution in [2.75, 3.05) is 13.1 Å². The van der Waals surface area contributed by atoms with Crippen LogP contribution in [0, 0.1) is 0 Å². The maximum absolute atomic E-state index is 4.68. The van der Waals surface area contributed by atoms with E-state index in [1.54, 1.807) is 4.68 Å². The molecular formula is C23H30IN5. The molecule has 0 saturated carbocycles. The molecule has 3 rings (SSSR count). The van der Waals surface area contributed by atoms with Crippen LogP contribution in [0.4, 0.5) is 0 Å². The molecule has 0 aliphatic heterocycles. The van der Waals surface area contributed by atoms with E-state index >= 15 is 0 Å². The lowest BCUT2D eigenvalue weighted by atomic mass is 9.88. The van der Waals surface area contributed by atoms with Crippen LogP contribution in [-0.2, 0) is 13.6 Å². The Bertz CT molecular complexity index is 822. The number of halogens is 1. The number of aliphatic imine (C=N–C) groups is 1. The summed E-state index contributed by atoms with van der Waals surface area (Å²) in [5.74, 6) is 1.20. The minimum absolute atomic E-state index is 0. The van der Waals surface area contributed by atoms with Gasteiger partial charge in [-0.25, -0.2) is 4.99 Å². The minimum atomic E-state index is 0. The zero-order chi connectivity index (χ0) is 19.6. The summed E-state index contributed by atoms with van der Waals surface area (Å²) in [6.45, 7) is 4.37. The standard InChI is InChI=1S/C23H29N5.HI/c1-3-24-23(26-16-19-17-27-28(2)18-19)25-15-14-22(20-10-6-4-7-11-20)21-12-8-5-9-13-21;/h4-13,17-18,22H,3,14-16H2,1-2H3,(H2,24,25,26);1H. The van der Waals surface area contributed by atoms with E-state index in [4.69, 9.17) is 0 Å². The van der Waals surface area contributed by atoms with Gasteiger partial charge in [0.15, 0.2) is 5.96 Å². The molecule has 2 N–H and O–H groups in total. The number of aryl methyl sites for hydroxylation is 1. The first-order valence-electron chi connectivity index (χ1n) is 9.86. The fourth-order valence-electron chi connectivity index (χ4n) is 3.30. The SMILES string of the molecule is CCNC(=NCc1cnn(C)c1)NCCC(c1ccccc1)c1ccccc1.I. The summed E-state index contributed by atoms with van der Waals surface area (Å²) in [6.07, 6.45) is 4.84. The lowest BCUT2D eigenvalue weighted by Gasteiger charge is -2.19. The third-order valence-electron chi connectivity index (χ3n) is 4.65. The Morgan fingerprint density at radius 1 is 1.00 bits per heavy atom. The van der Waals surface area contributed by atoms with E-state index < -0.39 is 0 Å². The van der Waals surface area contributed by atoms with Gasteiger partial charge in [0.05, 0.1) is 12.7 Å². The van der Waals surface area contributed by atoms with Crippen LogP contribution < -0.4 is 10.6 Å². The Morgan fingerprint density at radius 3 is 2.14 bits per heavy atom. The highest BCUT2D eigenvalue weighted by Gasteiger charge is 2.13. The highest BCUT2D eigenvalue weighted by molar-refractivity contribution is 14.0. The molecule has 154 valence electrons. The highest BCUT2D eigenvalue weighted by atomic mass is 127. The molecule has 0 fully saturated rings. The third kappa shape index (κ3) is 7.20. The molecular weight excluding hydrogens is 473 g/mol. The van der Waals surface area contributed by atoms with Crippen LogP contribution in [0.5, 0.6) is 0 Å². The smallest absolute Gasteiger partial charge is 0.191 e. The van der Waals surface area contributed by atoms with Crippen molar-refractivity contribution in [3.63, 3.8) is 0 Å². The molecule has 0 spiro atoms. The van der Waals surface area contributed by atoms with Crippen molar-refractivity contribution in [1.29, 1.82) is 0 Å². The van der Waals surface area contributed by atoms with Crippen molar-refractivity contribution in [1.82, 2.24) is 20.4 Å². The summed E-state index contributed by atoms with van der Waals surface area (Å²) in [5.41, 5.74) is 3.78. The molecule has 6 heteroatoms. The number of aromatic nitrogens is 2. The van der Waals surface area contributed by atoms with E-state index in [0.717, 1.165) is 31.0 Å². The van der Waals surface area contributed by atoms with Crippen LogP contribution in [-0.4, -0.2) is 28.8 Å². The topological polar surface area (TPSA) is 54.2 Å². The van der Waals surface area contributed by atoms with Crippen LogP contribution in [0.1, 0.15) is 36.0 Å². The van der Waals surface area contributed by atoms with Gasteiger partial charge in [0.1, 0.15) is 0 Å². The minimum Gasteiger partial charge on any atom is -0.357 e. The van der Waals surface area contributed by atoms with Crippen molar-refractivity contribution in [3.05, 3.63) is 89.7 Å². The normalized spacial score (nSPS) is 11.2. The average Bonchev–Trinajstić information content (AvgIpc) is 3.16. The zero-order valence-corrected chi connectivity index (χ0v) is 19.4. The summed E-state index contributed by atoms with van der Waals surface area (Å²) in [6, 6.07) is 21.4. The number of nitrogens with zero attached hydrogens (tertiary/aromatic N) is 3. The van der Waals surface area contributed by atoms with Gasteiger partial charge in [-0.15, -0.1) is 24.0 Å². The van der Waals surface area contributed by atoms with Gasteiger partial charge in [0, 0.05) is 37.8 Å². The van der Waals surface area contributed by atoms with Gasteiger partial charge in [-0.2, -0.15) is 5.10 Å². The molecule has 0 aliphatic rings. The van der Waals surface area contributed by atoms with Crippen molar-refractivity contribution >= 4 is 29.9 Å². The van der Waals surface area contributed by atoms with Crippen LogP contribution in [0.2, 0.25) is 0 Å². The molecule has 0 radical (unpaired) electrons. The number of benzene rings is 2. The van der Waals surface area contributed by atoms with E-state index in [9.17, 15) is 0 Å². The molecule has 29 heavy (non-hydrogen) atoms. The number of hydrogen-bond acceptors (Lipinski definition) is 2. The largest absolute Gasteiger partial charge is 0.357 e. The van der Waals surface area contributed by atoms with E-state index in [1.807, 2.05) is 19.4 Å². The molecule has 1 heterocycles. The second-order valence-electron chi connectivity index (χ2n) is 6.81. The molecule has 1 aromatic heterocycles. The van der Waals surface area contributed by atoms with Gasteiger partial charge >= 0.3 is 0 Å². The molecule has 0 unspecified atom stereocenters. The highest BCUT2D eigenvalue weighted by Crippen LogP contribution is 2.27. The third-order valence-corrected chi connectivity index (χ3v) is 4.65. The van der Waals surface area contributed by atoms with Crippen molar-refractivity contribution in [3.8, 4) is 0 Å². The van der Waals surface area contributed by atoms with Crippen LogP contribution in [0.3, 0.4) is 0 Å². The Labute approximate surface area is 190 Å². The molecule has 0 aliphatic carbocycles. The second-order valence-corrected chi connectivity index (χ2v) is 6.81. The first-order chi connectivity index (χ1) is 13.8. The van der Waals surface area contributed by atoms with Gasteiger partial charge in [0.25, 0.3) is 0 Å². The first kappa shape index (κ1) is 22.9. The molecule has 0 amide bonds. The van der Waals surface area contributed by atoms with E-state index in [2.05, 4.69) is 88.3 Å². The number of guanidine groups is 1. The summed E-state index contributed by atoms with van der Waals surface area (Å²) in [4.78, 5) is 4.68. The zero-order valence-electron chi connectivity index (χ0n) is 17.1. The Kier molecular flexibility index (Phi) is 9.70. The Hall–Kier alpha value is -2.35. The quantitative estimate of drug-likeness (QED) is 0.274. The molecule has 2 aromatic carbocycles. The van der Waals surface area contributed by atoms with Gasteiger partial charge in [-0.1, -0.05) is 60.7 Å². The van der Waals surface area contributed by atoms with Crippen molar-refractivity contribution in [2.24, 2.45) is 12.0 Å². The lowest BCUT2D eigenvalue weighted by molar-refractivity contribution is 0.679. The maximum Gasteiger partial charge on any atom is 0.191 e. The Morgan fingerprint density at radius 2 is 1.62 bits per heavy atom. The van der Waals surface area contributed by atoms with E-state index in [1.165, 1.54) is 11.1 Å². The fourth-order valence-corrected chi connectivity index (χ4v) is 3.30. The van der Waals surface area contributed by atoms with E-state index in [-0.39, 0.29) is 24.0 Å². The van der Waals surface area contributed by atoms with Crippen LogP contribution >= 0.6 is 24.0 Å². The molecule has 0 bridgehead atoms. The predicted molar refractivity (Wildman–Crippen MR) is 131 cm³/mol. The monoisotopic (exact) mass is 503 g/mol. The lowest BCUT2D eigenvalue weighted by Crippen LogP contribution is -2.38. The van der Waals surface area contributed by atoms with Crippen LogP contribution in [0.25, 0.3) is 0 Å². The van der Waals surface area contributed by atoms with Gasteiger partial charge in [-0.05, 0) is 24.5 Å². The average molecular weight is 503 g/mol. The van der Waals surface area contributed by atoms with Gasteiger partial charge < -0.3 is 10.6 Å². The van der Waals surface area contributed by atoms with Gasteiger partial charge in [0.2, 0.25) is 0 Å². The Balaban J connectivity index is 0.00000300.